The van der Waals surface area contributed by atoms with Gasteiger partial charge in [-0.25, -0.2) is 4.79 Å². The Morgan fingerprint density at radius 1 is 1.45 bits per heavy atom. The van der Waals surface area contributed by atoms with Gasteiger partial charge in [0.1, 0.15) is 6.61 Å². The second kappa shape index (κ2) is 6.57. The molecule has 20 heavy (non-hydrogen) atoms. The van der Waals surface area contributed by atoms with Gasteiger partial charge in [0, 0.05) is 24.9 Å². The number of carbonyl (C=O) groups excluding carboxylic acids is 1. The summed E-state index contributed by atoms with van der Waals surface area (Å²) in [5, 5.41) is 9.01. The lowest BCUT2D eigenvalue weighted by Crippen LogP contribution is -2.18. The highest BCUT2D eigenvalue weighted by Gasteiger charge is 2.26. The van der Waals surface area contributed by atoms with Gasteiger partial charge < -0.3 is 14.7 Å². The quantitative estimate of drug-likeness (QED) is 0.639. The lowest BCUT2D eigenvalue weighted by atomic mass is 10.2. The van der Waals surface area contributed by atoms with Crippen LogP contribution in [0.5, 0.6) is 0 Å². The second-order valence-corrected chi connectivity index (χ2v) is 5.25. The summed E-state index contributed by atoms with van der Waals surface area (Å²) in [6, 6.07) is 8.75. The number of hydrogen-bond acceptors (Lipinski definition) is 4. The zero-order chi connectivity index (χ0) is 14.5. The molecule has 1 atom stereocenters. The molecule has 4 heteroatoms. The predicted molar refractivity (Wildman–Crippen MR) is 79.5 cm³/mol. The summed E-state index contributed by atoms with van der Waals surface area (Å²) >= 11 is 0. The van der Waals surface area contributed by atoms with Gasteiger partial charge in [-0.05, 0) is 43.5 Å². The van der Waals surface area contributed by atoms with E-state index in [-0.39, 0.29) is 6.61 Å². The number of ether oxygens (including phenoxy) is 1. The van der Waals surface area contributed by atoms with Crippen molar-refractivity contribution in [2.45, 2.75) is 31.9 Å². The van der Waals surface area contributed by atoms with E-state index < -0.39 is 12.1 Å². The van der Waals surface area contributed by atoms with Crippen molar-refractivity contribution in [1.29, 1.82) is 0 Å². The summed E-state index contributed by atoms with van der Waals surface area (Å²) in [6.45, 7) is 1.60. The molecule has 108 valence electrons. The maximum Gasteiger partial charge on any atom is 0.330 e. The smallest absolute Gasteiger partial charge is 0.330 e. The van der Waals surface area contributed by atoms with Crippen molar-refractivity contribution in [3.8, 4) is 0 Å². The highest BCUT2D eigenvalue weighted by Crippen LogP contribution is 2.30. The SMILES string of the molecule is CC(O)COC(=O)C=Cc1ccc(N(C)C2CC2)cc1. The van der Waals surface area contributed by atoms with Gasteiger partial charge >= 0.3 is 5.97 Å². The molecule has 0 amide bonds. The first-order chi connectivity index (χ1) is 9.56. The van der Waals surface area contributed by atoms with E-state index in [1.165, 1.54) is 24.6 Å². The molecule has 1 aromatic rings. The van der Waals surface area contributed by atoms with Crippen LogP contribution in [0.4, 0.5) is 5.69 Å². The Morgan fingerprint density at radius 3 is 2.65 bits per heavy atom. The average Bonchev–Trinajstić information content (AvgIpc) is 3.27. The molecule has 0 radical (unpaired) electrons. The van der Waals surface area contributed by atoms with Gasteiger partial charge in [-0.1, -0.05) is 12.1 Å². The number of aliphatic hydroxyl groups is 1. The summed E-state index contributed by atoms with van der Waals surface area (Å²) in [6.07, 6.45) is 5.00. The number of benzene rings is 1. The van der Waals surface area contributed by atoms with Crippen LogP contribution in [-0.2, 0) is 9.53 Å². The summed E-state index contributed by atoms with van der Waals surface area (Å²) in [4.78, 5) is 13.6. The maximum absolute atomic E-state index is 11.4. The molecule has 0 aromatic heterocycles. The number of esters is 1. The molecule has 2 rings (SSSR count). The molecule has 0 spiro atoms. The van der Waals surface area contributed by atoms with Gasteiger partial charge in [0.2, 0.25) is 0 Å². The first-order valence-corrected chi connectivity index (χ1v) is 6.92. The fourth-order valence-electron chi connectivity index (χ4n) is 1.91. The van der Waals surface area contributed by atoms with Crippen molar-refractivity contribution in [1.82, 2.24) is 0 Å². The molecular weight excluding hydrogens is 254 g/mol. The van der Waals surface area contributed by atoms with Crippen LogP contribution in [0.15, 0.2) is 30.3 Å². The Morgan fingerprint density at radius 2 is 2.10 bits per heavy atom. The van der Waals surface area contributed by atoms with Gasteiger partial charge in [-0.3, -0.25) is 0 Å². The van der Waals surface area contributed by atoms with Crippen molar-refractivity contribution >= 4 is 17.7 Å². The zero-order valence-corrected chi connectivity index (χ0v) is 12.0. The van der Waals surface area contributed by atoms with Gasteiger partial charge in [0.15, 0.2) is 0 Å². The van der Waals surface area contributed by atoms with E-state index in [2.05, 4.69) is 24.1 Å². The summed E-state index contributed by atoms with van der Waals surface area (Å²) in [5.41, 5.74) is 2.15. The van der Waals surface area contributed by atoms with E-state index in [1.54, 1.807) is 13.0 Å². The minimum absolute atomic E-state index is 0.0221. The van der Waals surface area contributed by atoms with E-state index in [0.29, 0.717) is 6.04 Å². The lowest BCUT2D eigenvalue weighted by molar-refractivity contribution is -0.140. The molecule has 4 nitrogen and oxygen atoms in total. The third kappa shape index (κ3) is 4.38. The third-order valence-corrected chi connectivity index (χ3v) is 3.27. The van der Waals surface area contributed by atoms with Crippen molar-refractivity contribution in [2.24, 2.45) is 0 Å². The zero-order valence-electron chi connectivity index (χ0n) is 12.0. The largest absolute Gasteiger partial charge is 0.460 e. The molecule has 0 aliphatic heterocycles. The standard InChI is InChI=1S/C16H21NO3/c1-12(18)11-20-16(19)10-5-13-3-6-14(7-4-13)17(2)15-8-9-15/h3-7,10,12,15,18H,8-9,11H2,1-2H3. The van der Waals surface area contributed by atoms with E-state index in [4.69, 9.17) is 9.84 Å². The van der Waals surface area contributed by atoms with Crippen LogP contribution >= 0.6 is 0 Å². The number of aliphatic hydroxyl groups excluding tert-OH is 1. The monoisotopic (exact) mass is 275 g/mol. The Kier molecular flexibility index (Phi) is 4.79. The van der Waals surface area contributed by atoms with Gasteiger partial charge in [-0.2, -0.15) is 0 Å². The third-order valence-electron chi connectivity index (χ3n) is 3.27. The fourth-order valence-corrected chi connectivity index (χ4v) is 1.91. The molecule has 1 N–H and O–H groups in total. The Labute approximate surface area is 119 Å². The highest BCUT2D eigenvalue weighted by molar-refractivity contribution is 5.87. The normalized spacial score (nSPS) is 16.1. The van der Waals surface area contributed by atoms with Crippen LogP contribution in [-0.4, -0.2) is 36.9 Å². The number of anilines is 1. The Balaban J connectivity index is 1.88. The minimum atomic E-state index is -0.635. The van der Waals surface area contributed by atoms with Gasteiger partial charge in [0.25, 0.3) is 0 Å². The van der Waals surface area contributed by atoms with Crippen LogP contribution in [0.25, 0.3) is 6.08 Å². The number of carbonyl (C=O) groups is 1. The molecule has 1 fully saturated rings. The molecule has 0 bridgehead atoms. The lowest BCUT2D eigenvalue weighted by Gasteiger charge is -2.18. The van der Waals surface area contributed by atoms with Gasteiger partial charge in [-0.15, -0.1) is 0 Å². The van der Waals surface area contributed by atoms with E-state index in [0.717, 1.165) is 5.56 Å². The molecular formula is C16H21NO3. The number of rotatable bonds is 6. The Bertz CT molecular complexity index is 475. The second-order valence-electron chi connectivity index (χ2n) is 5.25. The maximum atomic E-state index is 11.4. The minimum Gasteiger partial charge on any atom is -0.460 e. The Hall–Kier alpha value is -1.81. The van der Waals surface area contributed by atoms with Crippen LogP contribution in [0.1, 0.15) is 25.3 Å². The van der Waals surface area contributed by atoms with Crippen LogP contribution < -0.4 is 4.90 Å². The molecule has 1 unspecified atom stereocenters. The van der Waals surface area contributed by atoms with Crippen LogP contribution in [0.2, 0.25) is 0 Å². The van der Waals surface area contributed by atoms with Crippen molar-refractivity contribution in [2.75, 3.05) is 18.6 Å². The highest BCUT2D eigenvalue weighted by atomic mass is 16.5. The average molecular weight is 275 g/mol. The van der Waals surface area contributed by atoms with Crippen molar-refractivity contribution < 1.29 is 14.6 Å². The summed E-state index contributed by atoms with van der Waals surface area (Å²) < 4.78 is 4.84. The fraction of sp³-hybridized carbons (Fsp3) is 0.438. The molecule has 1 saturated carbocycles. The summed E-state index contributed by atoms with van der Waals surface area (Å²) in [5.74, 6) is -0.440. The first-order valence-electron chi connectivity index (χ1n) is 6.92. The van der Waals surface area contributed by atoms with Crippen LogP contribution in [0.3, 0.4) is 0 Å². The molecule has 0 saturated heterocycles. The van der Waals surface area contributed by atoms with Crippen molar-refractivity contribution in [3.05, 3.63) is 35.9 Å². The van der Waals surface area contributed by atoms with Crippen molar-refractivity contribution in [3.63, 3.8) is 0 Å². The first kappa shape index (κ1) is 14.6. The van der Waals surface area contributed by atoms with Gasteiger partial charge in [0.05, 0.1) is 6.10 Å². The van der Waals surface area contributed by atoms with Crippen LogP contribution in [0, 0.1) is 0 Å². The predicted octanol–water partition coefficient (Wildman–Crippen LogP) is 2.22. The number of nitrogens with zero attached hydrogens (tertiary/aromatic N) is 1. The summed E-state index contributed by atoms with van der Waals surface area (Å²) in [7, 11) is 2.11. The van der Waals surface area contributed by atoms with E-state index in [1.807, 2.05) is 12.1 Å². The molecule has 1 aromatic carbocycles. The van der Waals surface area contributed by atoms with E-state index >= 15 is 0 Å². The molecule has 1 aliphatic rings. The number of hydrogen-bond donors (Lipinski definition) is 1. The topological polar surface area (TPSA) is 49.8 Å². The van der Waals surface area contributed by atoms with E-state index in [9.17, 15) is 4.79 Å². The molecule has 0 heterocycles. The molecule has 1 aliphatic carbocycles.